The predicted molar refractivity (Wildman–Crippen MR) is 125 cm³/mol. The number of fused-ring (bicyclic) bond motifs is 5. The Balaban J connectivity index is 1.56. The Hall–Kier alpha value is -0.900. The molecule has 0 aromatic rings. The van der Waals surface area contributed by atoms with Gasteiger partial charge in [-0.2, -0.15) is 0 Å². The molecule has 3 saturated carbocycles. The highest BCUT2D eigenvalue weighted by Gasteiger charge is 2.63. The van der Waals surface area contributed by atoms with Gasteiger partial charge in [-0.05, 0) is 86.4 Å². The van der Waals surface area contributed by atoms with Crippen LogP contribution in [0.15, 0.2) is 11.6 Å². The first-order chi connectivity index (χ1) is 14.6. The van der Waals surface area contributed by atoms with E-state index in [9.17, 15) is 15.2 Å². The minimum Gasteiger partial charge on any atom is -0.393 e. The van der Waals surface area contributed by atoms with E-state index in [0.717, 1.165) is 30.6 Å². The molecule has 4 heteroatoms. The van der Waals surface area contributed by atoms with Crippen molar-refractivity contribution in [3.63, 3.8) is 0 Å². The lowest BCUT2D eigenvalue weighted by Crippen LogP contribution is -2.57. The molecule has 176 valence electrons. The fourth-order valence-corrected chi connectivity index (χ4v) is 9.03. The van der Waals surface area contributed by atoms with Crippen LogP contribution in [0.4, 0.5) is 0 Å². The van der Waals surface area contributed by atoms with Crippen molar-refractivity contribution in [3.8, 4) is 0 Å². The summed E-state index contributed by atoms with van der Waals surface area (Å²) in [7, 11) is 0. The minimum atomic E-state index is -0.633. The summed E-state index contributed by atoms with van der Waals surface area (Å²) >= 11 is 0. The third-order valence-electron chi connectivity index (χ3n) is 10.6. The Morgan fingerprint density at radius 3 is 2.58 bits per heavy atom. The lowest BCUT2D eigenvalue weighted by Gasteiger charge is -2.58. The fourth-order valence-electron chi connectivity index (χ4n) is 9.03. The van der Waals surface area contributed by atoms with E-state index in [4.69, 9.17) is 0 Å². The Bertz CT molecular complexity index is 717. The average molecular weight is 432 g/mol. The van der Waals surface area contributed by atoms with Gasteiger partial charge in [-0.3, -0.25) is 10.1 Å². The van der Waals surface area contributed by atoms with Gasteiger partial charge in [-0.25, -0.2) is 0 Å². The number of aliphatic hydroxyl groups excluding tert-OH is 1. The molecule has 0 bridgehead atoms. The summed E-state index contributed by atoms with van der Waals surface area (Å²) < 4.78 is 0. The Morgan fingerprint density at radius 2 is 1.90 bits per heavy atom. The highest BCUT2D eigenvalue weighted by molar-refractivity contribution is 5.27. The van der Waals surface area contributed by atoms with E-state index in [-0.39, 0.29) is 10.3 Å². The van der Waals surface area contributed by atoms with Gasteiger partial charge < -0.3 is 5.11 Å². The summed E-state index contributed by atoms with van der Waals surface area (Å²) in [5, 5.41) is 22.4. The first-order valence-corrected chi connectivity index (χ1v) is 13.1. The smallest absolute Gasteiger partial charge is 0.224 e. The van der Waals surface area contributed by atoms with Crippen LogP contribution < -0.4 is 0 Å². The van der Waals surface area contributed by atoms with Crippen LogP contribution >= 0.6 is 0 Å². The number of aliphatic hydroxyl groups is 1. The molecule has 0 saturated heterocycles. The van der Waals surface area contributed by atoms with Crippen molar-refractivity contribution in [1.82, 2.24) is 0 Å². The van der Waals surface area contributed by atoms with E-state index < -0.39 is 12.1 Å². The van der Waals surface area contributed by atoms with Gasteiger partial charge in [0.1, 0.15) is 0 Å². The molecule has 3 fully saturated rings. The summed E-state index contributed by atoms with van der Waals surface area (Å²) in [6.07, 6.45) is 12.8. The van der Waals surface area contributed by atoms with E-state index in [2.05, 4.69) is 40.7 Å². The summed E-state index contributed by atoms with van der Waals surface area (Å²) in [5.41, 5.74) is 1.22. The van der Waals surface area contributed by atoms with Crippen LogP contribution in [-0.4, -0.2) is 22.2 Å². The molecular formula is C27H45NO3. The zero-order valence-corrected chi connectivity index (χ0v) is 20.5. The van der Waals surface area contributed by atoms with Crippen molar-refractivity contribution in [2.75, 3.05) is 0 Å². The summed E-state index contributed by atoms with van der Waals surface area (Å²) in [6.45, 7) is 11.9. The largest absolute Gasteiger partial charge is 0.393 e. The van der Waals surface area contributed by atoms with E-state index in [1.165, 1.54) is 44.1 Å². The predicted octanol–water partition coefficient (Wildman–Crippen LogP) is 6.64. The summed E-state index contributed by atoms with van der Waals surface area (Å²) in [5.74, 6) is 4.08. The van der Waals surface area contributed by atoms with Gasteiger partial charge in [0.2, 0.25) is 6.04 Å². The first-order valence-electron chi connectivity index (χ1n) is 13.1. The average Bonchev–Trinajstić information content (AvgIpc) is 3.04. The maximum absolute atomic E-state index is 12.1. The van der Waals surface area contributed by atoms with Crippen molar-refractivity contribution in [3.05, 3.63) is 21.8 Å². The van der Waals surface area contributed by atoms with Gasteiger partial charge in [0.25, 0.3) is 0 Å². The molecule has 4 rings (SSSR count). The zero-order valence-electron chi connectivity index (χ0n) is 20.5. The molecule has 1 N–H and O–H groups in total. The molecular weight excluding hydrogens is 386 g/mol. The number of rotatable bonds is 6. The molecule has 1 unspecified atom stereocenters. The van der Waals surface area contributed by atoms with Crippen LogP contribution in [0.3, 0.4) is 0 Å². The van der Waals surface area contributed by atoms with Gasteiger partial charge in [0.05, 0.1) is 11.5 Å². The molecule has 9 atom stereocenters. The molecule has 0 spiro atoms. The van der Waals surface area contributed by atoms with Crippen LogP contribution in [0.25, 0.3) is 0 Å². The fraction of sp³-hybridized carbons (Fsp3) is 0.926. The van der Waals surface area contributed by atoms with E-state index in [1.54, 1.807) is 0 Å². The van der Waals surface area contributed by atoms with Crippen molar-refractivity contribution in [2.45, 2.75) is 111 Å². The number of hydrogen-bond acceptors (Lipinski definition) is 3. The van der Waals surface area contributed by atoms with Crippen molar-refractivity contribution >= 4 is 0 Å². The normalized spacial score (nSPS) is 45.5. The number of hydrogen-bond donors (Lipinski definition) is 1. The second-order valence-electron chi connectivity index (χ2n) is 12.5. The van der Waals surface area contributed by atoms with Crippen molar-refractivity contribution < 1.29 is 10.0 Å². The maximum atomic E-state index is 12.1. The van der Waals surface area contributed by atoms with Crippen LogP contribution in [0, 0.1) is 56.5 Å². The van der Waals surface area contributed by atoms with Crippen LogP contribution in [-0.2, 0) is 0 Å². The minimum absolute atomic E-state index is 0.0688. The lowest BCUT2D eigenvalue weighted by molar-refractivity contribution is -0.548. The summed E-state index contributed by atoms with van der Waals surface area (Å²) in [6, 6.07) is -0.633. The molecule has 0 aromatic carbocycles. The van der Waals surface area contributed by atoms with E-state index >= 15 is 0 Å². The summed E-state index contributed by atoms with van der Waals surface area (Å²) in [4.78, 5) is 12.0. The monoisotopic (exact) mass is 431 g/mol. The molecule has 0 radical (unpaired) electrons. The van der Waals surface area contributed by atoms with Crippen molar-refractivity contribution in [1.29, 1.82) is 0 Å². The number of allylic oxidation sites excluding steroid dienone is 1. The molecule has 0 aromatic heterocycles. The number of nitro groups is 1. The SMILES string of the molecule is CC(C)CCC[C@@H](C)[C@H]1CC[C@H]2[C@@H]3CC=C4C[C@@H](O)CC([N+](=O)[O-])[C@]4(C)[C@H]3CC[C@]12C. The van der Waals surface area contributed by atoms with Gasteiger partial charge in [-0.1, -0.05) is 58.6 Å². The number of nitrogens with zero attached hydrogens (tertiary/aromatic N) is 1. The molecule has 0 aliphatic heterocycles. The Kier molecular flexibility index (Phi) is 6.35. The van der Waals surface area contributed by atoms with Crippen molar-refractivity contribution in [2.24, 2.45) is 46.3 Å². The molecule has 4 aliphatic rings. The van der Waals surface area contributed by atoms with Gasteiger partial charge >= 0.3 is 0 Å². The Morgan fingerprint density at radius 1 is 1.16 bits per heavy atom. The van der Waals surface area contributed by atoms with Crippen LogP contribution in [0.2, 0.25) is 0 Å². The van der Waals surface area contributed by atoms with Gasteiger partial charge in [0, 0.05) is 11.3 Å². The van der Waals surface area contributed by atoms with E-state index in [1.807, 2.05) is 0 Å². The molecule has 0 heterocycles. The van der Waals surface area contributed by atoms with Crippen LogP contribution in [0.5, 0.6) is 0 Å². The molecule has 4 aliphatic carbocycles. The van der Waals surface area contributed by atoms with E-state index in [0.29, 0.717) is 36.0 Å². The van der Waals surface area contributed by atoms with Gasteiger partial charge in [0.15, 0.2) is 0 Å². The molecule has 31 heavy (non-hydrogen) atoms. The first kappa shape index (κ1) is 23.3. The highest BCUT2D eigenvalue weighted by atomic mass is 16.6. The standard InChI is InChI=1S/C27H45NO3/c1-17(2)7-6-8-18(3)22-11-12-23-21-10-9-19-15-20(29)16-25(28(30)31)27(19,5)24(21)13-14-26(22,23)4/h9,17-18,20-25,29H,6-8,10-16H2,1-5H3/t18-,20-,21+,22-,23+,24+,25?,26-,27+/m1/s1. The zero-order chi connectivity index (χ0) is 22.6. The van der Waals surface area contributed by atoms with Crippen LogP contribution in [0.1, 0.15) is 98.8 Å². The van der Waals surface area contributed by atoms with Gasteiger partial charge in [-0.15, -0.1) is 0 Å². The molecule has 4 nitrogen and oxygen atoms in total. The maximum Gasteiger partial charge on any atom is 0.224 e. The third kappa shape index (κ3) is 3.79. The topological polar surface area (TPSA) is 63.4 Å². The lowest BCUT2D eigenvalue weighted by atomic mass is 9.46. The second kappa shape index (κ2) is 8.47. The third-order valence-corrected chi connectivity index (χ3v) is 10.6. The highest BCUT2D eigenvalue weighted by Crippen LogP contribution is 2.67. The second-order valence-corrected chi connectivity index (χ2v) is 12.5. The quantitative estimate of drug-likeness (QED) is 0.291. The Labute approximate surface area is 189 Å². The molecule has 0 amide bonds.